The minimum atomic E-state index is -3.28. The van der Waals surface area contributed by atoms with Crippen LogP contribution in [-0.4, -0.2) is 35.9 Å². The highest BCUT2D eigenvalue weighted by Crippen LogP contribution is 2.25. The molecule has 0 aromatic heterocycles. The molecule has 2 aromatic carbocycles. The molecule has 0 aliphatic carbocycles. The van der Waals surface area contributed by atoms with Gasteiger partial charge in [-0.25, -0.2) is 8.42 Å². The first kappa shape index (κ1) is 20.9. The first-order valence-corrected chi connectivity index (χ1v) is 11.0. The summed E-state index contributed by atoms with van der Waals surface area (Å²) in [5.41, 5.74) is 3.18. The van der Waals surface area contributed by atoms with Crippen molar-refractivity contribution in [1.82, 2.24) is 4.31 Å². The van der Waals surface area contributed by atoms with Crippen LogP contribution in [0.4, 0.5) is 11.4 Å². The van der Waals surface area contributed by atoms with Crippen molar-refractivity contribution in [3.63, 3.8) is 0 Å². The van der Waals surface area contributed by atoms with Gasteiger partial charge < -0.3 is 5.32 Å². The number of aryl methyl sites for hydroxylation is 1. The molecule has 0 fully saturated rings. The number of sulfonamides is 1. The Morgan fingerprint density at radius 3 is 2.62 bits per heavy atom. The molecule has 1 amide bonds. The SMILES string of the molecule is CCCS(=O)(=O)N1CCc2ccc(NC(=O)c3ccc([N+](=O)[O-])c(C)c3)cc2C1. The maximum absolute atomic E-state index is 12.5. The fourth-order valence-corrected chi connectivity index (χ4v) is 4.92. The fourth-order valence-electron chi connectivity index (χ4n) is 3.44. The van der Waals surface area contributed by atoms with Gasteiger partial charge in [0.2, 0.25) is 10.0 Å². The number of hydrogen-bond acceptors (Lipinski definition) is 5. The molecule has 3 rings (SSSR count). The van der Waals surface area contributed by atoms with E-state index in [-0.39, 0.29) is 23.9 Å². The predicted molar refractivity (Wildman–Crippen MR) is 110 cm³/mol. The van der Waals surface area contributed by atoms with Gasteiger partial charge in [0, 0.05) is 36.0 Å². The number of hydrogen-bond donors (Lipinski definition) is 1. The monoisotopic (exact) mass is 417 g/mol. The van der Waals surface area contributed by atoms with E-state index in [0.29, 0.717) is 36.2 Å². The Morgan fingerprint density at radius 1 is 1.21 bits per heavy atom. The van der Waals surface area contributed by atoms with Crippen LogP contribution in [-0.2, 0) is 23.0 Å². The highest BCUT2D eigenvalue weighted by atomic mass is 32.2. The number of nitrogens with zero attached hydrogens (tertiary/aromatic N) is 2. The minimum absolute atomic E-state index is 0.0382. The first-order valence-electron chi connectivity index (χ1n) is 9.37. The fraction of sp³-hybridized carbons (Fsp3) is 0.350. The maximum Gasteiger partial charge on any atom is 0.272 e. The minimum Gasteiger partial charge on any atom is -0.322 e. The largest absolute Gasteiger partial charge is 0.322 e. The van der Waals surface area contributed by atoms with Gasteiger partial charge in [-0.05, 0) is 55.2 Å². The quantitative estimate of drug-likeness (QED) is 0.573. The Kier molecular flexibility index (Phi) is 5.99. The molecule has 0 spiro atoms. The molecule has 1 aliphatic rings. The number of fused-ring (bicyclic) bond motifs is 1. The molecule has 0 atom stereocenters. The van der Waals surface area contributed by atoms with Gasteiger partial charge in [0.05, 0.1) is 10.7 Å². The van der Waals surface area contributed by atoms with Gasteiger partial charge in [-0.3, -0.25) is 14.9 Å². The Hall–Kier alpha value is -2.78. The zero-order valence-electron chi connectivity index (χ0n) is 16.3. The lowest BCUT2D eigenvalue weighted by Crippen LogP contribution is -2.37. The van der Waals surface area contributed by atoms with Crippen molar-refractivity contribution in [2.45, 2.75) is 33.2 Å². The maximum atomic E-state index is 12.5. The molecule has 0 unspecified atom stereocenters. The van der Waals surface area contributed by atoms with Gasteiger partial charge >= 0.3 is 0 Å². The van der Waals surface area contributed by atoms with Gasteiger partial charge in [0.15, 0.2) is 0 Å². The molecule has 0 saturated carbocycles. The molecule has 29 heavy (non-hydrogen) atoms. The van der Waals surface area contributed by atoms with Crippen molar-refractivity contribution in [1.29, 1.82) is 0 Å². The van der Waals surface area contributed by atoms with Crippen LogP contribution in [0.25, 0.3) is 0 Å². The lowest BCUT2D eigenvalue weighted by atomic mass is 10.0. The summed E-state index contributed by atoms with van der Waals surface area (Å²) >= 11 is 0. The number of anilines is 1. The second-order valence-electron chi connectivity index (χ2n) is 7.10. The number of nitro groups is 1. The summed E-state index contributed by atoms with van der Waals surface area (Å²) in [6.45, 7) is 4.17. The van der Waals surface area contributed by atoms with Gasteiger partial charge in [0.1, 0.15) is 0 Å². The van der Waals surface area contributed by atoms with Crippen LogP contribution in [0.2, 0.25) is 0 Å². The zero-order valence-corrected chi connectivity index (χ0v) is 17.2. The Morgan fingerprint density at radius 2 is 1.97 bits per heavy atom. The van der Waals surface area contributed by atoms with E-state index >= 15 is 0 Å². The summed E-state index contributed by atoms with van der Waals surface area (Å²) in [6.07, 6.45) is 1.20. The van der Waals surface area contributed by atoms with E-state index in [1.54, 1.807) is 19.1 Å². The third-order valence-corrected chi connectivity index (χ3v) is 6.98. The van der Waals surface area contributed by atoms with Crippen LogP contribution in [0, 0.1) is 17.0 Å². The van der Waals surface area contributed by atoms with E-state index in [4.69, 9.17) is 0 Å². The van der Waals surface area contributed by atoms with Gasteiger partial charge in [-0.2, -0.15) is 4.31 Å². The van der Waals surface area contributed by atoms with Crippen molar-refractivity contribution in [2.24, 2.45) is 0 Å². The van der Waals surface area contributed by atoms with E-state index in [1.165, 1.54) is 22.5 Å². The number of rotatable bonds is 6. The summed E-state index contributed by atoms with van der Waals surface area (Å²) in [5, 5.41) is 13.7. The average molecular weight is 417 g/mol. The summed E-state index contributed by atoms with van der Waals surface area (Å²) in [6, 6.07) is 9.68. The topological polar surface area (TPSA) is 110 Å². The molecule has 1 heterocycles. The first-order chi connectivity index (χ1) is 13.7. The smallest absolute Gasteiger partial charge is 0.272 e. The molecule has 154 valence electrons. The standard InChI is InChI=1S/C20H23N3O5S/c1-3-10-29(27,28)22-9-8-15-4-6-18(12-17(15)13-22)21-20(24)16-5-7-19(23(25)26)14(2)11-16/h4-7,11-12H,3,8-10,13H2,1-2H3,(H,21,24). The lowest BCUT2D eigenvalue weighted by molar-refractivity contribution is -0.385. The van der Waals surface area contributed by atoms with Crippen molar-refractivity contribution < 1.29 is 18.1 Å². The van der Waals surface area contributed by atoms with Gasteiger partial charge in [-0.1, -0.05) is 13.0 Å². The number of benzene rings is 2. The number of carbonyl (C=O) groups is 1. The Balaban J connectivity index is 1.77. The molecule has 2 aromatic rings. The Labute approximate surface area is 169 Å². The number of carbonyl (C=O) groups excluding carboxylic acids is 1. The zero-order chi connectivity index (χ0) is 21.2. The average Bonchev–Trinajstić information content (AvgIpc) is 2.67. The van der Waals surface area contributed by atoms with Crippen LogP contribution >= 0.6 is 0 Å². The molecule has 9 heteroatoms. The number of nitrogens with one attached hydrogen (secondary N) is 1. The van der Waals surface area contributed by atoms with Gasteiger partial charge in [-0.15, -0.1) is 0 Å². The van der Waals surface area contributed by atoms with Crippen LogP contribution in [0.15, 0.2) is 36.4 Å². The van der Waals surface area contributed by atoms with Crippen LogP contribution in [0.5, 0.6) is 0 Å². The summed E-state index contributed by atoms with van der Waals surface area (Å²) in [5.74, 6) is -0.257. The second-order valence-corrected chi connectivity index (χ2v) is 9.18. The molecular formula is C20H23N3O5S. The van der Waals surface area contributed by atoms with E-state index in [1.807, 2.05) is 13.0 Å². The second kappa shape index (κ2) is 8.30. The van der Waals surface area contributed by atoms with Gasteiger partial charge in [0.25, 0.3) is 11.6 Å². The van der Waals surface area contributed by atoms with Crippen LogP contribution in [0.1, 0.15) is 40.4 Å². The van der Waals surface area contributed by atoms with E-state index in [2.05, 4.69) is 5.32 Å². The molecule has 1 aliphatic heterocycles. The molecule has 8 nitrogen and oxygen atoms in total. The normalized spacial score (nSPS) is 14.3. The molecule has 0 radical (unpaired) electrons. The van der Waals surface area contributed by atoms with Crippen molar-refractivity contribution in [3.05, 3.63) is 68.8 Å². The van der Waals surface area contributed by atoms with E-state index < -0.39 is 14.9 Å². The summed E-state index contributed by atoms with van der Waals surface area (Å²) in [7, 11) is -3.28. The number of nitro benzene ring substituents is 1. The predicted octanol–water partition coefficient (Wildman–Crippen LogP) is 3.25. The third kappa shape index (κ3) is 4.63. The Bertz CT molecular complexity index is 1070. The van der Waals surface area contributed by atoms with E-state index in [0.717, 1.165) is 11.1 Å². The molecule has 1 N–H and O–H groups in total. The lowest BCUT2D eigenvalue weighted by Gasteiger charge is -2.28. The molecule has 0 saturated heterocycles. The third-order valence-electron chi connectivity index (χ3n) is 4.95. The molecule has 0 bridgehead atoms. The van der Waals surface area contributed by atoms with Crippen LogP contribution in [0.3, 0.4) is 0 Å². The van der Waals surface area contributed by atoms with Crippen molar-refractivity contribution >= 4 is 27.3 Å². The highest BCUT2D eigenvalue weighted by molar-refractivity contribution is 7.89. The van der Waals surface area contributed by atoms with E-state index in [9.17, 15) is 23.3 Å². The summed E-state index contributed by atoms with van der Waals surface area (Å²) in [4.78, 5) is 23.0. The highest BCUT2D eigenvalue weighted by Gasteiger charge is 2.26. The van der Waals surface area contributed by atoms with Crippen molar-refractivity contribution in [3.8, 4) is 0 Å². The van der Waals surface area contributed by atoms with Crippen molar-refractivity contribution in [2.75, 3.05) is 17.6 Å². The van der Waals surface area contributed by atoms with Crippen LogP contribution < -0.4 is 5.32 Å². The number of amides is 1. The summed E-state index contributed by atoms with van der Waals surface area (Å²) < 4.78 is 26.2. The molecular weight excluding hydrogens is 394 g/mol.